The van der Waals surface area contributed by atoms with Gasteiger partial charge >= 0.3 is 5.97 Å². The zero-order valence-corrected chi connectivity index (χ0v) is 16.7. The minimum absolute atomic E-state index is 0.0283. The third-order valence-electron chi connectivity index (χ3n) is 5.31. The zero-order chi connectivity index (χ0) is 19.9. The van der Waals surface area contributed by atoms with Crippen LogP contribution in [0.1, 0.15) is 18.4 Å². The van der Waals surface area contributed by atoms with Crippen LogP contribution in [0.4, 0.5) is 5.69 Å². The van der Waals surface area contributed by atoms with Gasteiger partial charge < -0.3 is 4.74 Å². The Hall–Kier alpha value is -2.80. The molecule has 0 unspecified atom stereocenters. The number of hydrogen-bond donors (Lipinski definition) is 0. The lowest BCUT2D eigenvalue weighted by molar-refractivity contribution is -0.148. The fraction of sp³-hybridized carbons (Fsp3) is 0.238. The summed E-state index contributed by atoms with van der Waals surface area (Å²) in [4.78, 5) is 44.4. The van der Waals surface area contributed by atoms with E-state index in [0.717, 1.165) is 4.47 Å². The number of nitrogens with zero attached hydrogens (tertiary/aromatic N) is 2. The minimum Gasteiger partial charge on any atom is -0.467 e. The number of ether oxygens (including phenoxy) is 1. The van der Waals surface area contributed by atoms with Crippen LogP contribution in [-0.4, -0.2) is 31.1 Å². The number of amides is 2. The number of para-hydroxylation sites is 1. The fourth-order valence-corrected chi connectivity index (χ4v) is 4.20. The molecule has 2 aromatic rings. The first-order chi connectivity index (χ1) is 13.4. The molecule has 2 heterocycles. The van der Waals surface area contributed by atoms with Crippen LogP contribution < -0.4 is 4.90 Å². The summed E-state index contributed by atoms with van der Waals surface area (Å²) in [5, 5.41) is 0. The van der Waals surface area contributed by atoms with Crippen molar-refractivity contribution >= 4 is 45.6 Å². The van der Waals surface area contributed by atoms with E-state index in [4.69, 9.17) is 4.74 Å². The van der Waals surface area contributed by atoms with Gasteiger partial charge in [0.05, 0.1) is 18.2 Å². The molecule has 1 saturated heterocycles. The number of rotatable bonds is 3. The molecule has 2 amide bonds. The summed E-state index contributed by atoms with van der Waals surface area (Å²) in [6.07, 6.45) is 1.50. The summed E-state index contributed by atoms with van der Waals surface area (Å²) in [6, 6.07) is 15.9. The first kappa shape index (κ1) is 18.6. The monoisotopic (exact) mass is 440 g/mol. The summed E-state index contributed by atoms with van der Waals surface area (Å²) < 4.78 is 5.88. The molecular formula is C21H17BrN2O4. The second-order valence-electron chi connectivity index (χ2n) is 7.00. The number of imide groups is 1. The van der Waals surface area contributed by atoms with E-state index in [9.17, 15) is 14.4 Å². The Morgan fingerprint density at radius 1 is 1.11 bits per heavy atom. The van der Waals surface area contributed by atoms with E-state index in [-0.39, 0.29) is 24.7 Å². The van der Waals surface area contributed by atoms with Gasteiger partial charge in [0.25, 0.3) is 0 Å². The highest BCUT2D eigenvalue weighted by Gasteiger charge is 2.61. The Bertz CT molecular complexity index is 989. The number of aliphatic imine (C=N–C) groups is 1. The van der Waals surface area contributed by atoms with Crippen LogP contribution in [0.25, 0.3) is 0 Å². The van der Waals surface area contributed by atoms with Crippen LogP contribution in [-0.2, 0) is 24.7 Å². The van der Waals surface area contributed by atoms with Crippen molar-refractivity contribution in [1.82, 2.24) is 0 Å². The first-order valence-corrected chi connectivity index (χ1v) is 9.54. The van der Waals surface area contributed by atoms with Crippen molar-refractivity contribution in [2.75, 3.05) is 12.0 Å². The summed E-state index contributed by atoms with van der Waals surface area (Å²) in [5.74, 6) is -1.23. The maximum absolute atomic E-state index is 13.3. The maximum Gasteiger partial charge on any atom is 0.338 e. The highest BCUT2D eigenvalue weighted by atomic mass is 79.9. The summed E-state index contributed by atoms with van der Waals surface area (Å²) in [6.45, 7) is 0. The number of hydrogen-bond acceptors (Lipinski definition) is 5. The number of carbonyl (C=O) groups is 3. The standard InChI is InChI=1S/C21H17BrN2O4/c1-28-19(27)21(14-7-9-15(22)10-8-14)12-20(13-23-21)11-17(25)24(18(20)26)16-5-3-2-4-6-16/h2-10,13H,11-12H2,1H3/t20-,21+/m0/s1. The summed E-state index contributed by atoms with van der Waals surface area (Å²) >= 11 is 3.38. The van der Waals surface area contributed by atoms with Crippen LogP contribution in [0.3, 0.4) is 0 Å². The van der Waals surface area contributed by atoms with Crippen LogP contribution in [0.15, 0.2) is 64.1 Å². The van der Waals surface area contributed by atoms with Crippen LogP contribution in [0.5, 0.6) is 0 Å². The lowest BCUT2D eigenvalue weighted by atomic mass is 9.75. The molecule has 6 nitrogen and oxygen atoms in total. The number of carbonyl (C=O) groups excluding carboxylic acids is 3. The molecule has 4 rings (SSSR count). The van der Waals surface area contributed by atoms with E-state index >= 15 is 0 Å². The van der Waals surface area contributed by atoms with E-state index in [1.165, 1.54) is 18.2 Å². The highest BCUT2D eigenvalue weighted by molar-refractivity contribution is 9.10. The molecule has 0 aromatic heterocycles. The molecule has 0 N–H and O–H groups in total. The smallest absolute Gasteiger partial charge is 0.338 e. The Labute approximate surface area is 170 Å². The van der Waals surface area contributed by atoms with Crippen molar-refractivity contribution in [2.45, 2.75) is 18.4 Å². The van der Waals surface area contributed by atoms with Gasteiger partial charge in [0, 0.05) is 23.5 Å². The van der Waals surface area contributed by atoms with Crippen molar-refractivity contribution in [3.63, 3.8) is 0 Å². The SMILES string of the molecule is COC(=O)[C@]1(c2ccc(Br)cc2)C[C@]2(C=N1)CC(=O)N(c1ccccc1)C2=O. The Balaban J connectivity index is 1.74. The molecule has 0 saturated carbocycles. The Morgan fingerprint density at radius 3 is 2.43 bits per heavy atom. The highest BCUT2D eigenvalue weighted by Crippen LogP contribution is 2.50. The topological polar surface area (TPSA) is 76.0 Å². The molecule has 2 aromatic carbocycles. The molecule has 2 aliphatic rings. The van der Waals surface area contributed by atoms with E-state index in [1.54, 1.807) is 48.5 Å². The molecule has 7 heteroatoms. The second-order valence-corrected chi connectivity index (χ2v) is 7.91. The number of methoxy groups -OCH3 is 1. The van der Waals surface area contributed by atoms with Gasteiger partial charge in [-0.1, -0.05) is 46.3 Å². The number of benzene rings is 2. The molecule has 142 valence electrons. The largest absolute Gasteiger partial charge is 0.467 e. The van der Waals surface area contributed by atoms with Crippen molar-refractivity contribution in [3.8, 4) is 0 Å². The lowest BCUT2D eigenvalue weighted by Gasteiger charge is -2.27. The minimum atomic E-state index is -1.35. The molecule has 0 bridgehead atoms. The second kappa shape index (κ2) is 6.67. The average Bonchev–Trinajstić information content (AvgIpc) is 3.21. The maximum atomic E-state index is 13.3. The van der Waals surface area contributed by atoms with E-state index in [2.05, 4.69) is 20.9 Å². The van der Waals surface area contributed by atoms with Gasteiger partial charge in [0.15, 0.2) is 5.54 Å². The first-order valence-electron chi connectivity index (χ1n) is 8.75. The normalized spacial score (nSPS) is 26.3. The molecule has 1 spiro atoms. The van der Waals surface area contributed by atoms with Crippen LogP contribution in [0, 0.1) is 5.41 Å². The van der Waals surface area contributed by atoms with Gasteiger partial charge in [0.1, 0.15) is 0 Å². The predicted octanol–water partition coefficient (Wildman–Crippen LogP) is 3.24. The quantitative estimate of drug-likeness (QED) is 0.542. The van der Waals surface area contributed by atoms with Crippen LogP contribution in [0.2, 0.25) is 0 Å². The van der Waals surface area contributed by atoms with Crippen molar-refractivity contribution in [2.24, 2.45) is 10.4 Å². The molecule has 28 heavy (non-hydrogen) atoms. The fourth-order valence-electron chi connectivity index (χ4n) is 3.93. The number of halogens is 1. The predicted molar refractivity (Wildman–Crippen MR) is 107 cm³/mol. The molecule has 2 aliphatic heterocycles. The molecular weight excluding hydrogens is 424 g/mol. The van der Waals surface area contributed by atoms with E-state index < -0.39 is 16.9 Å². The van der Waals surface area contributed by atoms with Crippen LogP contribution >= 0.6 is 15.9 Å². The summed E-state index contributed by atoms with van der Waals surface area (Å²) in [5.41, 5.74) is -1.37. The summed E-state index contributed by atoms with van der Waals surface area (Å²) in [7, 11) is 1.29. The van der Waals surface area contributed by atoms with Crippen molar-refractivity contribution in [3.05, 3.63) is 64.6 Å². The zero-order valence-electron chi connectivity index (χ0n) is 15.1. The van der Waals surface area contributed by atoms with E-state index in [1.807, 2.05) is 6.07 Å². The van der Waals surface area contributed by atoms with Crippen molar-refractivity contribution < 1.29 is 19.1 Å². The van der Waals surface area contributed by atoms with E-state index in [0.29, 0.717) is 11.3 Å². The molecule has 2 atom stereocenters. The average molecular weight is 441 g/mol. The van der Waals surface area contributed by atoms with Crippen molar-refractivity contribution in [1.29, 1.82) is 0 Å². The van der Waals surface area contributed by atoms with Gasteiger partial charge in [-0.05, 0) is 29.8 Å². The molecule has 1 fully saturated rings. The molecule has 0 aliphatic carbocycles. The number of esters is 1. The third-order valence-corrected chi connectivity index (χ3v) is 5.84. The Morgan fingerprint density at radius 2 is 1.79 bits per heavy atom. The number of anilines is 1. The van der Waals surface area contributed by atoms with Gasteiger partial charge in [-0.3, -0.25) is 14.6 Å². The Kier molecular flexibility index (Phi) is 4.42. The van der Waals surface area contributed by atoms with Gasteiger partial charge in [-0.15, -0.1) is 0 Å². The molecule has 0 radical (unpaired) electrons. The lowest BCUT2D eigenvalue weighted by Crippen LogP contribution is -2.40. The third kappa shape index (κ3) is 2.69. The van der Waals surface area contributed by atoms with Gasteiger partial charge in [-0.25, -0.2) is 9.69 Å². The van der Waals surface area contributed by atoms with Gasteiger partial charge in [0.2, 0.25) is 11.8 Å². The van der Waals surface area contributed by atoms with Gasteiger partial charge in [-0.2, -0.15) is 0 Å².